The molecule has 11 heteroatoms. The first-order valence-corrected chi connectivity index (χ1v) is 9.44. The standard InChI is InChI=1S/C16H16F2N6O2S/c17-16(18,7-25)26-13-2-1-12(11-6-27-8-19-11)24-14(13)21-15(22-24)23-4-9-3-10(5-23)20-9/h1-2,6,8-10,20,25H,3-5,7H2. The van der Waals surface area contributed by atoms with Crippen molar-refractivity contribution in [1.29, 1.82) is 0 Å². The number of ether oxygens (including phenoxy) is 1. The zero-order valence-corrected chi connectivity index (χ0v) is 14.9. The average molecular weight is 394 g/mol. The lowest BCUT2D eigenvalue weighted by Crippen LogP contribution is -2.67. The number of rotatable bonds is 5. The fourth-order valence-corrected chi connectivity index (χ4v) is 4.09. The number of nitrogens with zero attached hydrogens (tertiary/aromatic N) is 5. The highest BCUT2D eigenvalue weighted by molar-refractivity contribution is 7.07. The quantitative estimate of drug-likeness (QED) is 0.676. The molecule has 3 aliphatic rings. The van der Waals surface area contributed by atoms with Crippen LogP contribution in [0.1, 0.15) is 6.42 Å². The van der Waals surface area contributed by atoms with Gasteiger partial charge in [-0.05, 0) is 18.6 Å². The average Bonchev–Trinajstić information content (AvgIpc) is 3.31. The van der Waals surface area contributed by atoms with Crippen molar-refractivity contribution in [2.45, 2.75) is 24.6 Å². The number of halogens is 2. The topological polar surface area (TPSA) is 87.8 Å². The van der Waals surface area contributed by atoms with Gasteiger partial charge in [0.2, 0.25) is 11.6 Å². The van der Waals surface area contributed by atoms with Gasteiger partial charge in [-0.2, -0.15) is 13.8 Å². The number of nitrogens with one attached hydrogen (secondary N) is 1. The molecule has 3 aliphatic heterocycles. The number of piperidine rings is 1. The Morgan fingerprint density at radius 3 is 2.78 bits per heavy atom. The lowest BCUT2D eigenvalue weighted by molar-refractivity contribution is -0.200. The number of anilines is 1. The van der Waals surface area contributed by atoms with E-state index >= 15 is 0 Å². The van der Waals surface area contributed by atoms with Gasteiger partial charge >= 0.3 is 6.11 Å². The summed E-state index contributed by atoms with van der Waals surface area (Å²) in [6.07, 6.45) is -2.57. The molecule has 0 amide bonds. The largest absolute Gasteiger partial charge is 0.427 e. The molecule has 2 N–H and O–H groups in total. The van der Waals surface area contributed by atoms with Crippen LogP contribution in [0.3, 0.4) is 0 Å². The molecule has 2 atom stereocenters. The monoisotopic (exact) mass is 394 g/mol. The summed E-state index contributed by atoms with van der Waals surface area (Å²) in [7, 11) is 0. The molecule has 142 valence electrons. The third-order valence-electron chi connectivity index (χ3n) is 4.78. The number of aromatic nitrogens is 4. The van der Waals surface area contributed by atoms with Crippen LogP contribution >= 0.6 is 11.3 Å². The third-order valence-corrected chi connectivity index (χ3v) is 5.37. The van der Waals surface area contributed by atoms with Crippen molar-refractivity contribution in [3.05, 3.63) is 23.0 Å². The molecule has 3 aromatic rings. The molecule has 2 unspecified atom stereocenters. The number of hydrogen-bond donors (Lipinski definition) is 2. The van der Waals surface area contributed by atoms with Crippen LogP contribution in [0.5, 0.6) is 5.75 Å². The second-order valence-electron chi connectivity index (χ2n) is 6.70. The summed E-state index contributed by atoms with van der Waals surface area (Å²) in [5.41, 5.74) is 3.15. The van der Waals surface area contributed by atoms with E-state index in [2.05, 4.69) is 20.4 Å². The fourth-order valence-electron chi connectivity index (χ4n) is 3.54. The van der Waals surface area contributed by atoms with Crippen LogP contribution in [0, 0.1) is 0 Å². The highest BCUT2D eigenvalue weighted by atomic mass is 32.1. The Morgan fingerprint density at radius 2 is 2.11 bits per heavy atom. The van der Waals surface area contributed by atoms with Crippen LogP contribution in [-0.4, -0.2) is 62.6 Å². The number of hydrogen-bond acceptors (Lipinski definition) is 8. The van der Waals surface area contributed by atoms with Gasteiger partial charge in [0.05, 0.1) is 16.9 Å². The number of aliphatic hydroxyl groups excluding tert-OH is 1. The van der Waals surface area contributed by atoms with E-state index in [1.165, 1.54) is 21.9 Å². The van der Waals surface area contributed by atoms with Gasteiger partial charge in [0, 0.05) is 30.6 Å². The third kappa shape index (κ3) is 2.91. The van der Waals surface area contributed by atoms with Crippen LogP contribution in [0.4, 0.5) is 14.7 Å². The van der Waals surface area contributed by atoms with Crippen molar-refractivity contribution in [3.8, 4) is 17.1 Å². The van der Waals surface area contributed by atoms with E-state index in [-0.39, 0.29) is 11.4 Å². The van der Waals surface area contributed by atoms with Crippen molar-refractivity contribution >= 4 is 22.9 Å². The Kier molecular flexibility index (Phi) is 3.78. The fraction of sp³-hybridized carbons (Fsp3) is 0.438. The minimum Gasteiger partial charge on any atom is -0.427 e. The zero-order chi connectivity index (χ0) is 18.6. The molecule has 3 saturated heterocycles. The first-order chi connectivity index (χ1) is 13.0. The Morgan fingerprint density at radius 1 is 1.33 bits per heavy atom. The van der Waals surface area contributed by atoms with Gasteiger partial charge in [0.15, 0.2) is 5.75 Å². The zero-order valence-electron chi connectivity index (χ0n) is 14.0. The number of aliphatic hydroxyl groups is 1. The highest BCUT2D eigenvalue weighted by Gasteiger charge is 2.38. The maximum absolute atomic E-state index is 13.6. The van der Waals surface area contributed by atoms with Crippen LogP contribution in [0.25, 0.3) is 17.0 Å². The first-order valence-electron chi connectivity index (χ1n) is 8.49. The van der Waals surface area contributed by atoms with E-state index in [0.29, 0.717) is 29.4 Å². The molecule has 27 heavy (non-hydrogen) atoms. The lowest BCUT2D eigenvalue weighted by atomic mass is 9.92. The minimum atomic E-state index is -3.70. The van der Waals surface area contributed by atoms with Gasteiger partial charge in [-0.3, -0.25) is 0 Å². The minimum absolute atomic E-state index is 0.146. The van der Waals surface area contributed by atoms with Crippen LogP contribution in [-0.2, 0) is 0 Å². The summed E-state index contributed by atoms with van der Waals surface area (Å²) in [6, 6.07) is 3.82. The van der Waals surface area contributed by atoms with Crippen molar-refractivity contribution in [2.24, 2.45) is 0 Å². The summed E-state index contributed by atoms with van der Waals surface area (Å²) in [5.74, 6) is 0.318. The van der Waals surface area contributed by atoms with Crippen molar-refractivity contribution in [1.82, 2.24) is 24.9 Å². The lowest BCUT2D eigenvalue weighted by Gasteiger charge is -2.47. The smallest absolute Gasteiger partial charge is 0.421 e. The highest BCUT2D eigenvalue weighted by Crippen LogP contribution is 2.32. The number of thiazole rings is 1. The van der Waals surface area contributed by atoms with E-state index in [0.717, 1.165) is 19.5 Å². The predicted octanol–water partition coefficient (Wildman–Crippen LogP) is 1.37. The summed E-state index contributed by atoms with van der Waals surface area (Å²) < 4.78 is 33.4. The summed E-state index contributed by atoms with van der Waals surface area (Å²) >= 11 is 1.43. The first kappa shape index (κ1) is 16.8. The van der Waals surface area contributed by atoms with E-state index in [1.54, 1.807) is 11.6 Å². The van der Waals surface area contributed by atoms with Crippen LogP contribution < -0.4 is 15.0 Å². The summed E-state index contributed by atoms with van der Waals surface area (Å²) in [6.45, 7) is 0.111. The Labute approximate surface area is 156 Å². The Bertz CT molecular complexity index is 963. The van der Waals surface area contributed by atoms with E-state index in [1.807, 2.05) is 10.3 Å². The molecule has 0 aliphatic carbocycles. The Balaban J connectivity index is 1.60. The summed E-state index contributed by atoms with van der Waals surface area (Å²) in [4.78, 5) is 10.8. The molecule has 6 heterocycles. The van der Waals surface area contributed by atoms with Gasteiger partial charge in [-0.1, -0.05) is 0 Å². The maximum Gasteiger partial charge on any atom is 0.421 e. The number of pyridine rings is 1. The molecule has 0 aromatic carbocycles. The Hall–Kier alpha value is -2.37. The van der Waals surface area contributed by atoms with Gasteiger partial charge < -0.3 is 20.1 Å². The van der Waals surface area contributed by atoms with Crippen LogP contribution in [0.15, 0.2) is 23.0 Å². The van der Waals surface area contributed by atoms with Gasteiger partial charge in [-0.15, -0.1) is 16.4 Å². The summed E-state index contributed by atoms with van der Waals surface area (Å²) in [5, 5.41) is 18.7. The van der Waals surface area contributed by atoms with Crippen molar-refractivity contribution in [3.63, 3.8) is 0 Å². The molecule has 8 nitrogen and oxygen atoms in total. The molecular formula is C16H16F2N6O2S. The van der Waals surface area contributed by atoms with E-state index in [9.17, 15) is 8.78 Å². The predicted molar refractivity (Wildman–Crippen MR) is 94.3 cm³/mol. The van der Waals surface area contributed by atoms with Crippen LogP contribution in [0.2, 0.25) is 0 Å². The molecule has 0 spiro atoms. The molecule has 3 fully saturated rings. The molecule has 3 aromatic heterocycles. The molecule has 6 rings (SSSR count). The molecular weight excluding hydrogens is 378 g/mol. The van der Waals surface area contributed by atoms with Gasteiger partial charge in [-0.25, -0.2) is 9.50 Å². The number of alkyl halides is 2. The maximum atomic E-state index is 13.6. The van der Waals surface area contributed by atoms with E-state index in [4.69, 9.17) is 9.84 Å². The van der Waals surface area contributed by atoms with Crippen molar-refractivity contribution in [2.75, 3.05) is 24.6 Å². The number of fused-ring (bicyclic) bond motifs is 3. The molecule has 0 radical (unpaired) electrons. The second-order valence-corrected chi connectivity index (χ2v) is 7.42. The van der Waals surface area contributed by atoms with Crippen molar-refractivity contribution < 1.29 is 18.6 Å². The second kappa shape index (κ2) is 6.08. The molecule has 2 bridgehead atoms. The molecule has 0 saturated carbocycles. The van der Waals surface area contributed by atoms with E-state index < -0.39 is 12.7 Å². The SMILES string of the molecule is OCC(F)(F)Oc1ccc(-c2cscn2)n2nc(N3CC4CC(C3)N4)nc12. The van der Waals surface area contributed by atoms with Gasteiger partial charge in [0.25, 0.3) is 0 Å². The number of piperazine rings is 1. The normalized spacial score (nSPS) is 22.1. The van der Waals surface area contributed by atoms with Gasteiger partial charge in [0.1, 0.15) is 6.61 Å².